The number of esters is 1. The second-order valence-electron chi connectivity index (χ2n) is 6.24. The lowest BCUT2D eigenvalue weighted by Gasteiger charge is -2.27. The predicted molar refractivity (Wildman–Crippen MR) is 94.6 cm³/mol. The van der Waals surface area contributed by atoms with Crippen LogP contribution in [-0.2, 0) is 19.1 Å². The highest BCUT2D eigenvalue weighted by Crippen LogP contribution is 2.38. The molecule has 2 unspecified atom stereocenters. The van der Waals surface area contributed by atoms with Gasteiger partial charge in [-0.1, -0.05) is 29.3 Å². The highest BCUT2D eigenvalue weighted by molar-refractivity contribution is 6.35. The fourth-order valence-electron chi connectivity index (χ4n) is 3.24. The molecular formula is C18H19Cl2NO4. The van der Waals surface area contributed by atoms with E-state index in [1.165, 1.54) is 0 Å². The lowest BCUT2D eigenvalue weighted by Crippen LogP contribution is -2.34. The van der Waals surface area contributed by atoms with Crippen LogP contribution in [0.25, 0.3) is 0 Å². The smallest absolute Gasteiger partial charge is 0.336 e. The Bertz CT molecular complexity index is 726. The Hall–Kier alpha value is -1.56. The summed E-state index contributed by atoms with van der Waals surface area (Å²) in [6.45, 7) is 2.60. The van der Waals surface area contributed by atoms with E-state index >= 15 is 0 Å². The van der Waals surface area contributed by atoms with Crippen molar-refractivity contribution in [2.24, 2.45) is 0 Å². The average molecular weight is 384 g/mol. The van der Waals surface area contributed by atoms with E-state index in [9.17, 15) is 9.59 Å². The quantitative estimate of drug-likeness (QED) is 0.806. The summed E-state index contributed by atoms with van der Waals surface area (Å²) in [7, 11) is 0. The van der Waals surface area contributed by atoms with E-state index in [-0.39, 0.29) is 25.0 Å². The molecule has 0 aromatic heterocycles. The highest BCUT2D eigenvalue weighted by Gasteiger charge is 2.34. The first-order valence-corrected chi connectivity index (χ1v) is 8.95. The van der Waals surface area contributed by atoms with Crippen LogP contribution < -0.4 is 5.32 Å². The molecule has 0 aliphatic carbocycles. The minimum atomic E-state index is -0.462. The highest BCUT2D eigenvalue weighted by atomic mass is 35.5. The summed E-state index contributed by atoms with van der Waals surface area (Å²) in [5.74, 6) is -1.08. The van der Waals surface area contributed by atoms with Gasteiger partial charge in [-0.15, -0.1) is 0 Å². The lowest BCUT2D eigenvalue weighted by molar-refractivity contribution is -0.142. The first-order valence-electron chi connectivity index (χ1n) is 8.20. The minimum Gasteiger partial charge on any atom is -0.460 e. The Balaban J connectivity index is 1.85. The largest absolute Gasteiger partial charge is 0.460 e. The van der Waals surface area contributed by atoms with Crippen LogP contribution in [0.15, 0.2) is 29.5 Å². The number of hydrogen-bond donors (Lipinski definition) is 1. The molecule has 1 N–H and O–H groups in total. The second kappa shape index (κ2) is 7.77. The zero-order valence-corrected chi connectivity index (χ0v) is 15.3. The van der Waals surface area contributed by atoms with Gasteiger partial charge in [0.1, 0.15) is 6.61 Å². The van der Waals surface area contributed by atoms with Crippen molar-refractivity contribution in [2.45, 2.75) is 38.2 Å². The molecule has 1 saturated heterocycles. The molecule has 1 aromatic rings. The molecule has 1 amide bonds. The summed E-state index contributed by atoms with van der Waals surface area (Å²) >= 11 is 12.3. The van der Waals surface area contributed by atoms with Gasteiger partial charge in [-0.05, 0) is 37.5 Å². The molecule has 3 rings (SSSR count). The molecule has 2 atom stereocenters. The topological polar surface area (TPSA) is 64.6 Å². The van der Waals surface area contributed by atoms with E-state index in [0.29, 0.717) is 33.5 Å². The second-order valence-corrected chi connectivity index (χ2v) is 7.09. The number of allylic oxidation sites excluding steroid dienone is 1. The van der Waals surface area contributed by atoms with Gasteiger partial charge in [0.2, 0.25) is 5.91 Å². The number of benzene rings is 1. The van der Waals surface area contributed by atoms with E-state index in [1.807, 2.05) is 0 Å². The molecule has 0 radical (unpaired) electrons. The van der Waals surface area contributed by atoms with Crippen molar-refractivity contribution in [3.8, 4) is 0 Å². The first kappa shape index (κ1) is 18.2. The summed E-state index contributed by atoms with van der Waals surface area (Å²) in [6.07, 6.45) is 1.93. The van der Waals surface area contributed by atoms with Crippen LogP contribution in [0.5, 0.6) is 0 Å². The van der Waals surface area contributed by atoms with E-state index in [1.54, 1.807) is 25.1 Å². The molecule has 0 spiro atoms. The fourth-order valence-corrected chi connectivity index (χ4v) is 3.78. The van der Waals surface area contributed by atoms with E-state index < -0.39 is 11.9 Å². The third-order valence-electron chi connectivity index (χ3n) is 4.45. The molecule has 25 heavy (non-hydrogen) atoms. The SMILES string of the molecule is CC1=C(C(=O)OCC2CCCO2)C(c2ccc(Cl)cc2Cl)CC(=O)N1. The van der Waals surface area contributed by atoms with Gasteiger partial charge < -0.3 is 14.8 Å². The van der Waals surface area contributed by atoms with Crippen molar-refractivity contribution in [1.82, 2.24) is 5.32 Å². The monoisotopic (exact) mass is 383 g/mol. The molecule has 1 fully saturated rings. The van der Waals surface area contributed by atoms with Crippen molar-refractivity contribution in [3.05, 3.63) is 45.1 Å². The number of carbonyl (C=O) groups excluding carboxylic acids is 2. The van der Waals surface area contributed by atoms with Gasteiger partial charge in [0, 0.05) is 34.7 Å². The van der Waals surface area contributed by atoms with Gasteiger partial charge in [0.15, 0.2) is 0 Å². The minimum absolute atomic E-state index is 0.0550. The molecule has 0 bridgehead atoms. The first-order chi connectivity index (χ1) is 12.0. The van der Waals surface area contributed by atoms with Crippen LogP contribution in [0.3, 0.4) is 0 Å². The number of rotatable bonds is 4. The summed E-state index contributed by atoms with van der Waals surface area (Å²) in [6, 6.07) is 5.05. The van der Waals surface area contributed by atoms with Gasteiger partial charge in [-0.25, -0.2) is 4.79 Å². The van der Waals surface area contributed by atoms with Crippen LogP contribution in [-0.4, -0.2) is 31.2 Å². The van der Waals surface area contributed by atoms with Gasteiger partial charge >= 0.3 is 5.97 Å². The molecule has 2 aliphatic heterocycles. The van der Waals surface area contributed by atoms with Crippen LogP contribution in [0.2, 0.25) is 10.0 Å². The normalized spacial score (nSPS) is 23.6. The Morgan fingerprint density at radius 1 is 1.40 bits per heavy atom. The zero-order chi connectivity index (χ0) is 18.0. The van der Waals surface area contributed by atoms with Crippen LogP contribution in [0.4, 0.5) is 0 Å². The van der Waals surface area contributed by atoms with Gasteiger partial charge in [0.25, 0.3) is 0 Å². The maximum atomic E-state index is 12.7. The van der Waals surface area contributed by atoms with Crippen LogP contribution in [0.1, 0.15) is 37.7 Å². The Labute approximate surface area is 156 Å². The molecule has 2 heterocycles. The third-order valence-corrected chi connectivity index (χ3v) is 5.01. The number of nitrogens with one attached hydrogen (secondary N) is 1. The molecule has 2 aliphatic rings. The molecule has 1 aromatic carbocycles. The summed E-state index contributed by atoms with van der Waals surface area (Å²) < 4.78 is 10.9. The lowest BCUT2D eigenvalue weighted by atomic mass is 9.84. The average Bonchev–Trinajstić information content (AvgIpc) is 3.05. The molecule has 5 nitrogen and oxygen atoms in total. The van der Waals surface area contributed by atoms with Crippen LogP contribution in [0, 0.1) is 0 Å². The number of amides is 1. The number of ether oxygens (including phenoxy) is 2. The van der Waals surface area contributed by atoms with Crippen molar-refractivity contribution < 1.29 is 19.1 Å². The standard InChI is InChI=1S/C18H19Cl2NO4/c1-10-17(18(23)25-9-12-3-2-6-24-12)14(8-16(22)21-10)13-5-4-11(19)7-15(13)20/h4-5,7,12,14H,2-3,6,8-9H2,1H3,(H,21,22). The number of hydrogen-bond acceptors (Lipinski definition) is 4. The Morgan fingerprint density at radius 2 is 2.20 bits per heavy atom. The zero-order valence-electron chi connectivity index (χ0n) is 13.8. The summed E-state index contributed by atoms with van der Waals surface area (Å²) in [5.41, 5.74) is 1.59. The molecule has 7 heteroatoms. The van der Waals surface area contributed by atoms with E-state index in [4.69, 9.17) is 32.7 Å². The molecular weight excluding hydrogens is 365 g/mol. The van der Waals surface area contributed by atoms with Gasteiger partial charge in [-0.2, -0.15) is 0 Å². The maximum absolute atomic E-state index is 12.7. The third kappa shape index (κ3) is 4.17. The van der Waals surface area contributed by atoms with Crippen LogP contribution >= 0.6 is 23.2 Å². The van der Waals surface area contributed by atoms with E-state index in [2.05, 4.69) is 5.32 Å². The fraction of sp³-hybridized carbons (Fsp3) is 0.444. The predicted octanol–water partition coefficient (Wildman–Crippen LogP) is 3.59. The van der Waals surface area contributed by atoms with Crippen molar-refractivity contribution in [1.29, 1.82) is 0 Å². The Kier molecular flexibility index (Phi) is 5.67. The molecule has 134 valence electrons. The van der Waals surface area contributed by atoms with Crippen molar-refractivity contribution in [3.63, 3.8) is 0 Å². The Morgan fingerprint density at radius 3 is 2.88 bits per heavy atom. The number of halogens is 2. The van der Waals surface area contributed by atoms with Crippen molar-refractivity contribution >= 4 is 35.1 Å². The van der Waals surface area contributed by atoms with Gasteiger partial charge in [0.05, 0.1) is 11.7 Å². The molecule has 0 saturated carbocycles. The maximum Gasteiger partial charge on any atom is 0.336 e. The summed E-state index contributed by atoms with van der Waals surface area (Å²) in [5, 5.41) is 3.63. The van der Waals surface area contributed by atoms with E-state index in [0.717, 1.165) is 12.8 Å². The summed E-state index contributed by atoms with van der Waals surface area (Å²) in [4.78, 5) is 24.7. The van der Waals surface area contributed by atoms with Crippen molar-refractivity contribution in [2.75, 3.05) is 13.2 Å². The van der Waals surface area contributed by atoms with Gasteiger partial charge in [-0.3, -0.25) is 4.79 Å². The number of carbonyl (C=O) groups is 2.